The Hall–Kier alpha value is -3.09. The van der Waals surface area contributed by atoms with Crippen LogP contribution in [0.1, 0.15) is 17.3 Å². The number of nitrogens with two attached hydrogens (primary N) is 1. The normalized spacial score (nSPS) is 10.1. The summed E-state index contributed by atoms with van der Waals surface area (Å²) < 4.78 is 6.13. The number of pyridine rings is 1. The van der Waals surface area contributed by atoms with E-state index in [4.69, 9.17) is 10.5 Å². The van der Waals surface area contributed by atoms with Gasteiger partial charge in [0.25, 0.3) is 5.56 Å². The van der Waals surface area contributed by atoms with Crippen LogP contribution in [-0.4, -0.2) is 23.1 Å². The Morgan fingerprint density at radius 3 is 2.70 bits per heavy atom. The molecule has 7 heteroatoms. The van der Waals surface area contributed by atoms with Gasteiger partial charge in [0.2, 0.25) is 5.91 Å². The maximum atomic E-state index is 12.1. The van der Waals surface area contributed by atoms with Gasteiger partial charge >= 0.3 is 5.97 Å². The van der Waals surface area contributed by atoms with Crippen LogP contribution < -0.4 is 16.6 Å². The Morgan fingerprint density at radius 1 is 1.22 bits per heavy atom. The van der Waals surface area contributed by atoms with Gasteiger partial charge in [-0.25, -0.2) is 4.79 Å². The van der Waals surface area contributed by atoms with E-state index < -0.39 is 11.9 Å². The first-order valence-corrected chi connectivity index (χ1v) is 7.03. The Kier molecular flexibility index (Phi) is 5.14. The summed E-state index contributed by atoms with van der Waals surface area (Å²) in [5, 5.41) is 2.60. The number of anilines is 2. The van der Waals surface area contributed by atoms with Gasteiger partial charge in [0.15, 0.2) is 0 Å². The summed E-state index contributed by atoms with van der Waals surface area (Å²) in [6.07, 6.45) is 1.39. The van der Waals surface area contributed by atoms with Gasteiger partial charge in [-0.1, -0.05) is 12.1 Å². The number of carbonyl (C=O) groups excluding carboxylic acids is 2. The smallest absolute Gasteiger partial charge is 0.340 e. The molecule has 2 aromatic rings. The summed E-state index contributed by atoms with van der Waals surface area (Å²) in [6.45, 7) is 1.73. The molecule has 0 spiro atoms. The Bertz CT molecular complexity index is 783. The lowest BCUT2D eigenvalue weighted by atomic mass is 10.2. The number of para-hydroxylation sites is 1. The molecule has 120 valence electrons. The van der Waals surface area contributed by atoms with Gasteiger partial charge < -0.3 is 20.4 Å². The van der Waals surface area contributed by atoms with Crippen molar-refractivity contribution in [3.8, 4) is 0 Å². The molecule has 0 aliphatic rings. The number of nitrogens with zero attached hydrogens (tertiary/aromatic N) is 1. The number of carbonyl (C=O) groups is 2. The Morgan fingerprint density at radius 2 is 1.96 bits per heavy atom. The molecule has 7 nitrogen and oxygen atoms in total. The molecule has 1 aromatic carbocycles. The second-order valence-electron chi connectivity index (χ2n) is 4.74. The molecule has 2 rings (SSSR count). The maximum Gasteiger partial charge on any atom is 0.340 e. The summed E-state index contributed by atoms with van der Waals surface area (Å²) >= 11 is 0. The van der Waals surface area contributed by atoms with E-state index in [1.807, 2.05) is 0 Å². The fourth-order valence-electron chi connectivity index (χ4n) is 2.00. The molecule has 0 radical (unpaired) electrons. The number of hydrogen-bond acceptors (Lipinski definition) is 5. The van der Waals surface area contributed by atoms with E-state index in [0.717, 1.165) is 0 Å². The average Bonchev–Trinajstić information content (AvgIpc) is 2.51. The van der Waals surface area contributed by atoms with Crippen LogP contribution in [0.2, 0.25) is 0 Å². The van der Waals surface area contributed by atoms with E-state index in [1.54, 1.807) is 31.2 Å². The SMILES string of the molecule is CCOC(=O)c1ccccc1NC(=O)Cn1cc(N)ccc1=O. The third-order valence-corrected chi connectivity index (χ3v) is 3.02. The molecule has 0 saturated carbocycles. The van der Waals surface area contributed by atoms with Gasteiger partial charge in [0, 0.05) is 18.0 Å². The number of amides is 1. The van der Waals surface area contributed by atoms with Crippen molar-refractivity contribution in [2.75, 3.05) is 17.7 Å². The van der Waals surface area contributed by atoms with Gasteiger partial charge in [-0.2, -0.15) is 0 Å². The first kappa shape index (κ1) is 16.3. The molecule has 23 heavy (non-hydrogen) atoms. The van der Waals surface area contributed by atoms with Crippen molar-refractivity contribution in [2.45, 2.75) is 13.5 Å². The molecular formula is C16H17N3O4. The number of ether oxygens (including phenoxy) is 1. The van der Waals surface area contributed by atoms with E-state index in [1.165, 1.54) is 22.9 Å². The van der Waals surface area contributed by atoms with Gasteiger partial charge in [-0.15, -0.1) is 0 Å². The van der Waals surface area contributed by atoms with Crippen molar-refractivity contribution in [3.05, 3.63) is 58.5 Å². The van der Waals surface area contributed by atoms with Crippen LogP contribution in [0.5, 0.6) is 0 Å². The predicted molar refractivity (Wildman–Crippen MR) is 86.1 cm³/mol. The summed E-state index contributed by atoms with van der Waals surface area (Å²) in [5.74, 6) is -0.973. The molecule has 1 aromatic heterocycles. The number of aromatic nitrogens is 1. The van der Waals surface area contributed by atoms with E-state index in [-0.39, 0.29) is 24.3 Å². The van der Waals surface area contributed by atoms with E-state index in [9.17, 15) is 14.4 Å². The quantitative estimate of drug-likeness (QED) is 0.808. The van der Waals surface area contributed by atoms with E-state index >= 15 is 0 Å². The Labute approximate surface area is 132 Å². The van der Waals surface area contributed by atoms with Crippen LogP contribution in [-0.2, 0) is 16.1 Å². The van der Waals surface area contributed by atoms with Crippen molar-refractivity contribution in [2.24, 2.45) is 0 Å². The highest BCUT2D eigenvalue weighted by molar-refractivity contribution is 6.01. The maximum absolute atomic E-state index is 12.1. The van der Waals surface area contributed by atoms with Crippen molar-refractivity contribution < 1.29 is 14.3 Å². The minimum Gasteiger partial charge on any atom is -0.462 e. The molecular weight excluding hydrogens is 298 g/mol. The van der Waals surface area contributed by atoms with Crippen LogP contribution in [0.15, 0.2) is 47.4 Å². The molecule has 3 N–H and O–H groups in total. The third kappa shape index (κ3) is 4.19. The van der Waals surface area contributed by atoms with Crippen molar-refractivity contribution >= 4 is 23.3 Å². The second kappa shape index (κ2) is 7.26. The number of nitrogens with one attached hydrogen (secondary N) is 1. The number of benzene rings is 1. The van der Waals surface area contributed by atoms with Gasteiger partial charge in [0.1, 0.15) is 6.54 Å². The van der Waals surface area contributed by atoms with Crippen LogP contribution in [0.4, 0.5) is 11.4 Å². The molecule has 0 bridgehead atoms. The lowest BCUT2D eigenvalue weighted by Crippen LogP contribution is -2.27. The van der Waals surface area contributed by atoms with E-state index in [2.05, 4.69) is 5.32 Å². The number of esters is 1. The zero-order valence-electron chi connectivity index (χ0n) is 12.6. The van der Waals surface area contributed by atoms with E-state index in [0.29, 0.717) is 11.4 Å². The topological polar surface area (TPSA) is 103 Å². The minimum absolute atomic E-state index is 0.207. The fraction of sp³-hybridized carbons (Fsp3) is 0.188. The zero-order chi connectivity index (χ0) is 16.8. The highest BCUT2D eigenvalue weighted by atomic mass is 16.5. The highest BCUT2D eigenvalue weighted by Gasteiger charge is 2.14. The lowest BCUT2D eigenvalue weighted by molar-refractivity contribution is -0.116. The summed E-state index contributed by atoms with van der Waals surface area (Å²) in [7, 11) is 0. The molecule has 0 saturated heterocycles. The summed E-state index contributed by atoms with van der Waals surface area (Å²) in [5.41, 5.74) is 6.22. The van der Waals surface area contributed by atoms with Crippen molar-refractivity contribution in [1.82, 2.24) is 4.57 Å². The minimum atomic E-state index is -0.524. The largest absolute Gasteiger partial charge is 0.462 e. The van der Waals surface area contributed by atoms with Crippen molar-refractivity contribution in [3.63, 3.8) is 0 Å². The summed E-state index contributed by atoms with van der Waals surface area (Å²) in [6, 6.07) is 9.25. The van der Waals surface area contributed by atoms with Gasteiger partial charge in [-0.05, 0) is 25.1 Å². The molecule has 1 heterocycles. The number of hydrogen-bond donors (Lipinski definition) is 2. The fourth-order valence-corrected chi connectivity index (χ4v) is 2.00. The lowest BCUT2D eigenvalue weighted by Gasteiger charge is -2.11. The molecule has 0 aliphatic heterocycles. The number of rotatable bonds is 5. The van der Waals surface area contributed by atoms with Crippen molar-refractivity contribution in [1.29, 1.82) is 0 Å². The molecule has 0 unspecified atom stereocenters. The highest BCUT2D eigenvalue weighted by Crippen LogP contribution is 2.16. The average molecular weight is 315 g/mol. The molecule has 1 amide bonds. The van der Waals surface area contributed by atoms with Crippen LogP contribution in [0.25, 0.3) is 0 Å². The van der Waals surface area contributed by atoms with Crippen LogP contribution in [0.3, 0.4) is 0 Å². The Balaban J connectivity index is 2.16. The molecule has 0 fully saturated rings. The molecule has 0 aliphatic carbocycles. The summed E-state index contributed by atoms with van der Waals surface area (Å²) in [4.78, 5) is 35.6. The third-order valence-electron chi connectivity index (χ3n) is 3.02. The molecule has 0 atom stereocenters. The second-order valence-corrected chi connectivity index (χ2v) is 4.74. The first-order chi connectivity index (χ1) is 11.0. The zero-order valence-corrected chi connectivity index (χ0v) is 12.6. The first-order valence-electron chi connectivity index (χ1n) is 7.03. The van der Waals surface area contributed by atoms with Crippen LogP contribution >= 0.6 is 0 Å². The van der Waals surface area contributed by atoms with Crippen LogP contribution in [0, 0.1) is 0 Å². The number of nitrogen functional groups attached to an aromatic ring is 1. The predicted octanol–water partition coefficient (Wildman–Crippen LogP) is 1.25. The van der Waals surface area contributed by atoms with Gasteiger partial charge in [0.05, 0.1) is 17.9 Å². The van der Waals surface area contributed by atoms with Gasteiger partial charge in [-0.3, -0.25) is 9.59 Å². The standard InChI is InChI=1S/C16H17N3O4/c1-2-23-16(22)12-5-3-4-6-13(12)18-14(20)10-19-9-11(17)7-8-15(19)21/h3-9H,2,10,17H2,1H3,(H,18,20). The monoisotopic (exact) mass is 315 g/mol.